The zero-order valence-corrected chi connectivity index (χ0v) is 10.7. The number of benzene rings is 1. The Morgan fingerprint density at radius 1 is 1.00 bits per heavy atom. The van der Waals surface area contributed by atoms with E-state index in [1.807, 2.05) is 6.92 Å². The number of aromatic carboxylic acids is 2. The lowest BCUT2D eigenvalue weighted by Crippen LogP contribution is -2.06. The van der Waals surface area contributed by atoms with E-state index in [4.69, 9.17) is 15.3 Å². The van der Waals surface area contributed by atoms with Crippen LogP contribution in [0, 0.1) is 6.92 Å². The molecule has 3 N–H and O–H groups in total. The Morgan fingerprint density at radius 2 is 1.42 bits per heavy atom. The standard InChI is InChI=1S/C9H8O4.C4H8O2/c1-5-6(8(10)11)3-2-4-7(5)9(12)13;1-2-3-4(5)6/h2-4H,1H3,(H,10,11)(H,12,13);2-3H2,1H3,(H,5,6). The first-order chi connectivity index (χ1) is 8.81. The predicted molar refractivity (Wildman–Crippen MR) is 67.6 cm³/mol. The zero-order chi connectivity index (χ0) is 15.0. The highest BCUT2D eigenvalue weighted by Gasteiger charge is 2.13. The number of hydrogen-bond donors (Lipinski definition) is 3. The Morgan fingerprint density at radius 3 is 1.63 bits per heavy atom. The molecule has 0 saturated carbocycles. The predicted octanol–water partition coefficient (Wildman–Crippen LogP) is 2.26. The maximum atomic E-state index is 10.6. The van der Waals surface area contributed by atoms with Crippen LogP contribution < -0.4 is 0 Å². The summed E-state index contributed by atoms with van der Waals surface area (Å²) >= 11 is 0. The van der Waals surface area contributed by atoms with Crippen molar-refractivity contribution in [3.8, 4) is 0 Å². The second-order valence-electron chi connectivity index (χ2n) is 3.73. The van der Waals surface area contributed by atoms with Gasteiger partial charge in [-0.3, -0.25) is 4.79 Å². The van der Waals surface area contributed by atoms with Crippen LogP contribution in [0.15, 0.2) is 18.2 Å². The number of hydrogen-bond acceptors (Lipinski definition) is 3. The minimum Gasteiger partial charge on any atom is -0.481 e. The Bertz CT molecular complexity index is 446. The van der Waals surface area contributed by atoms with Crippen LogP contribution in [0.2, 0.25) is 0 Å². The maximum Gasteiger partial charge on any atom is 0.335 e. The van der Waals surface area contributed by atoms with E-state index in [0.717, 1.165) is 6.42 Å². The van der Waals surface area contributed by atoms with Crippen LogP contribution >= 0.6 is 0 Å². The molecule has 6 heteroatoms. The zero-order valence-electron chi connectivity index (χ0n) is 10.7. The highest BCUT2D eigenvalue weighted by Crippen LogP contribution is 2.13. The maximum absolute atomic E-state index is 10.6. The molecule has 0 unspecified atom stereocenters. The highest BCUT2D eigenvalue weighted by atomic mass is 16.4. The minimum absolute atomic E-state index is 0.0277. The molecule has 0 heterocycles. The normalized spacial score (nSPS) is 9.16. The van der Waals surface area contributed by atoms with Gasteiger partial charge in [0.05, 0.1) is 11.1 Å². The molecule has 19 heavy (non-hydrogen) atoms. The van der Waals surface area contributed by atoms with Crippen molar-refractivity contribution < 1.29 is 29.7 Å². The van der Waals surface area contributed by atoms with Crippen LogP contribution in [0.3, 0.4) is 0 Å². The molecule has 0 aliphatic rings. The molecular formula is C13H16O6. The molecule has 0 aliphatic carbocycles. The summed E-state index contributed by atoms with van der Waals surface area (Å²) in [5, 5.41) is 25.3. The second kappa shape index (κ2) is 7.86. The average Bonchev–Trinajstić information content (AvgIpc) is 2.28. The summed E-state index contributed by atoms with van der Waals surface area (Å²) in [6, 6.07) is 4.17. The molecule has 0 amide bonds. The summed E-state index contributed by atoms with van der Waals surface area (Å²) in [7, 11) is 0. The smallest absolute Gasteiger partial charge is 0.335 e. The number of carboxylic acids is 3. The van der Waals surface area contributed by atoms with Gasteiger partial charge in [0, 0.05) is 6.42 Å². The summed E-state index contributed by atoms with van der Waals surface area (Å²) in [4.78, 5) is 30.8. The Balaban J connectivity index is 0.000000459. The van der Waals surface area contributed by atoms with Crippen molar-refractivity contribution in [2.45, 2.75) is 26.7 Å². The molecule has 104 valence electrons. The van der Waals surface area contributed by atoms with Crippen molar-refractivity contribution >= 4 is 17.9 Å². The van der Waals surface area contributed by atoms with E-state index < -0.39 is 17.9 Å². The molecule has 6 nitrogen and oxygen atoms in total. The lowest BCUT2D eigenvalue weighted by atomic mass is 10.0. The minimum atomic E-state index is -1.11. The number of carboxylic acid groups (broad SMARTS) is 3. The first-order valence-electron chi connectivity index (χ1n) is 5.59. The fraction of sp³-hybridized carbons (Fsp3) is 0.308. The van der Waals surface area contributed by atoms with E-state index in [0.29, 0.717) is 6.42 Å². The van der Waals surface area contributed by atoms with Gasteiger partial charge < -0.3 is 15.3 Å². The molecular weight excluding hydrogens is 252 g/mol. The summed E-state index contributed by atoms with van der Waals surface area (Å²) in [5.41, 5.74) is 0.335. The lowest BCUT2D eigenvalue weighted by molar-refractivity contribution is -0.137. The van der Waals surface area contributed by atoms with Gasteiger partial charge in [0.1, 0.15) is 0 Å². The molecule has 1 aromatic carbocycles. The van der Waals surface area contributed by atoms with Crippen LogP contribution in [0.5, 0.6) is 0 Å². The molecule has 0 aromatic heterocycles. The lowest BCUT2D eigenvalue weighted by Gasteiger charge is -2.03. The van der Waals surface area contributed by atoms with Gasteiger partial charge in [0.2, 0.25) is 0 Å². The molecule has 0 radical (unpaired) electrons. The van der Waals surface area contributed by atoms with Crippen molar-refractivity contribution in [2.75, 3.05) is 0 Å². The Labute approximate surface area is 110 Å². The largest absolute Gasteiger partial charge is 0.481 e. The fourth-order valence-electron chi connectivity index (χ4n) is 1.31. The van der Waals surface area contributed by atoms with Gasteiger partial charge in [-0.05, 0) is 31.0 Å². The van der Waals surface area contributed by atoms with Gasteiger partial charge in [-0.15, -0.1) is 0 Å². The molecule has 0 fully saturated rings. The summed E-state index contributed by atoms with van der Waals surface area (Å²) in [5.74, 6) is -2.93. The summed E-state index contributed by atoms with van der Waals surface area (Å²) in [6.07, 6.45) is 1.02. The van der Waals surface area contributed by atoms with Crippen molar-refractivity contribution in [1.82, 2.24) is 0 Å². The number of rotatable bonds is 4. The summed E-state index contributed by atoms with van der Waals surface area (Å²) in [6.45, 7) is 3.32. The molecule has 0 saturated heterocycles. The second-order valence-corrected chi connectivity index (χ2v) is 3.73. The van der Waals surface area contributed by atoms with Crippen molar-refractivity contribution in [1.29, 1.82) is 0 Å². The Hall–Kier alpha value is -2.37. The summed E-state index contributed by atoms with van der Waals surface area (Å²) < 4.78 is 0. The number of aliphatic carboxylic acids is 1. The molecule has 1 aromatic rings. The third-order valence-corrected chi connectivity index (χ3v) is 2.26. The van der Waals surface area contributed by atoms with E-state index in [1.165, 1.54) is 25.1 Å². The van der Waals surface area contributed by atoms with Gasteiger partial charge in [-0.2, -0.15) is 0 Å². The number of carbonyl (C=O) groups is 3. The van der Waals surface area contributed by atoms with Gasteiger partial charge in [0.15, 0.2) is 0 Å². The van der Waals surface area contributed by atoms with E-state index >= 15 is 0 Å². The molecule has 0 spiro atoms. The van der Waals surface area contributed by atoms with Gasteiger partial charge >= 0.3 is 17.9 Å². The van der Waals surface area contributed by atoms with Crippen LogP contribution in [0.25, 0.3) is 0 Å². The fourth-order valence-corrected chi connectivity index (χ4v) is 1.31. The van der Waals surface area contributed by atoms with Gasteiger partial charge in [-0.1, -0.05) is 13.0 Å². The third kappa shape index (κ3) is 5.67. The molecule has 1 rings (SSSR count). The van der Waals surface area contributed by atoms with Crippen molar-refractivity contribution in [2.24, 2.45) is 0 Å². The van der Waals surface area contributed by atoms with E-state index in [2.05, 4.69) is 0 Å². The first kappa shape index (κ1) is 16.6. The molecule has 0 atom stereocenters. The Kier molecular flexibility index (Phi) is 6.88. The monoisotopic (exact) mass is 268 g/mol. The van der Waals surface area contributed by atoms with E-state index in [-0.39, 0.29) is 16.7 Å². The third-order valence-electron chi connectivity index (χ3n) is 2.26. The average molecular weight is 268 g/mol. The van der Waals surface area contributed by atoms with Crippen molar-refractivity contribution in [3.05, 3.63) is 34.9 Å². The van der Waals surface area contributed by atoms with Gasteiger partial charge in [0.25, 0.3) is 0 Å². The van der Waals surface area contributed by atoms with Gasteiger partial charge in [-0.25, -0.2) is 9.59 Å². The first-order valence-corrected chi connectivity index (χ1v) is 5.59. The van der Waals surface area contributed by atoms with Crippen molar-refractivity contribution in [3.63, 3.8) is 0 Å². The van der Waals surface area contributed by atoms with Crippen LogP contribution in [-0.2, 0) is 4.79 Å². The quantitative estimate of drug-likeness (QED) is 0.772. The highest BCUT2D eigenvalue weighted by molar-refractivity contribution is 5.96. The topological polar surface area (TPSA) is 112 Å². The van der Waals surface area contributed by atoms with E-state index in [1.54, 1.807) is 0 Å². The van der Waals surface area contributed by atoms with E-state index in [9.17, 15) is 14.4 Å². The van der Waals surface area contributed by atoms with Crippen LogP contribution in [-0.4, -0.2) is 33.2 Å². The van der Waals surface area contributed by atoms with Crippen LogP contribution in [0.1, 0.15) is 46.0 Å². The molecule has 0 bridgehead atoms. The van der Waals surface area contributed by atoms with Crippen LogP contribution in [0.4, 0.5) is 0 Å². The molecule has 0 aliphatic heterocycles. The SMILES string of the molecule is CCCC(=O)O.Cc1c(C(=O)O)cccc1C(=O)O.